The zero-order valence-electron chi connectivity index (χ0n) is 11.3. The van der Waals surface area contributed by atoms with Crippen molar-refractivity contribution in [3.8, 4) is 0 Å². The van der Waals surface area contributed by atoms with E-state index < -0.39 is 0 Å². The van der Waals surface area contributed by atoms with Crippen LogP contribution in [0.2, 0.25) is 0 Å². The molecule has 3 nitrogen and oxygen atoms in total. The molecular formula is C14H27NO2. The first-order valence-corrected chi connectivity index (χ1v) is 6.73. The molecule has 0 aromatic carbocycles. The molecule has 0 aliphatic rings. The molecule has 0 aromatic heterocycles. The topological polar surface area (TPSA) is 38.3 Å². The van der Waals surface area contributed by atoms with Crippen LogP contribution in [-0.2, 0) is 9.53 Å². The maximum absolute atomic E-state index is 10.8. The number of methoxy groups -OCH3 is 1. The predicted octanol–water partition coefficient (Wildman–Crippen LogP) is 3.06. The number of esters is 1. The standard InChI is InChI=1S/C14H27NO2/c1-3-4-5-6-7-8-9-10-12-15-13-11-14(16)17-2/h9-10,15H,3-8,11-13H2,1-2H3. The van der Waals surface area contributed by atoms with Crippen molar-refractivity contribution in [3.63, 3.8) is 0 Å². The van der Waals surface area contributed by atoms with Gasteiger partial charge in [0.15, 0.2) is 0 Å². The van der Waals surface area contributed by atoms with Crippen LogP contribution in [0, 0.1) is 0 Å². The van der Waals surface area contributed by atoms with E-state index in [2.05, 4.69) is 29.1 Å². The van der Waals surface area contributed by atoms with Crippen LogP contribution in [-0.4, -0.2) is 26.2 Å². The lowest BCUT2D eigenvalue weighted by molar-refractivity contribution is -0.140. The molecule has 0 aliphatic heterocycles. The Morgan fingerprint density at radius 2 is 1.94 bits per heavy atom. The number of hydrogen-bond donors (Lipinski definition) is 1. The first-order valence-electron chi connectivity index (χ1n) is 6.73. The summed E-state index contributed by atoms with van der Waals surface area (Å²) in [5, 5.41) is 3.17. The van der Waals surface area contributed by atoms with Crippen molar-refractivity contribution in [2.24, 2.45) is 0 Å². The van der Waals surface area contributed by atoms with Gasteiger partial charge in [-0.1, -0.05) is 44.8 Å². The van der Waals surface area contributed by atoms with Gasteiger partial charge in [-0.15, -0.1) is 0 Å². The van der Waals surface area contributed by atoms with E-state index in [1.54, 1.807) is 0 Å². The highest BCUT2D eigenvalue weighted by molar-refractivity contribution is 5.69. The number of nitrogens with one attached hydrogen (secondary N) is 1. The number of allylic oxidation sites excluding steroid dienone is 1. The third-order valence-corrected chi connectivity index (χ3v) is 2.64. The zero-order chi connectivity index (χ0) is 12.8. The van der Waals surface area contributed by atoms with Crippen LogP contribution >= 0.6 is 0 Å². The molecular weight excluding hydrogens is 214 g/mol. The van der Waals surface area contributed by atoms with Gasteiger partial charge in [0.05, 0.1) is 13.5 Å². The first-order chi connectivity index (χ1) is 8.31. The van der Waals surface area contributed by atoms with Gasteiger partial charge in [0.1, 0.15) is 0 Å². The van der Waals surface area contributed by atoms with E-state index in [4.69, 9.17) is 0 Å². The summed E-state index contributed by atoms with van der Waals surface area (Å²) in [7, 11) is 1.42. The Hall–Kier alpha value is -0.830. The predicted molar refractivity (Wildman–Crippen MR) is 72.0 cm³/mol. The molecule has 0 aromatic rings. The molecule has 0 unspecified atom stereocenters. The van der Waals surface area contributed by atoms with Crippen molar-refractivity contribution in [3.05, 3.63) is 12.2 Å². The second kappa shape index (κ2) is 13.2. The van der Waals surface area contributed by atoms with Gasteiger partial charge in [-0.05, 0) is 12.8 Å². The Balaban J connectivity index is 3.12. The Morgan fingerprint density at radius 1 is 1.18 bits per heavy atom. The van der Waals surface area contributed by atoms with E-state index in [1.807, 2.05) is 0 Å². The molecule has 0 atom stereocenters. The smallest absolute Gasteiger partial charge is 0.306 e. The van der Waals surface area contributed by atoms with Gasteiger partial charge in [0, 0.05) is 13.1 Å². The maximum Gasteiger partial charge on any atom is 0.306 e. The van der Waals surface area contributed by atoms with Crippen LogP contribution in [0.25, 0.3) is 0 Å². The van der Waals surface area contributed by atoms with Crippen molar-refractivity contribution < 1.29 is 9.53 Å². The maximum atomic E-state index is 10.8. The third-order valence-electron chi connectivity index (χ3n) is 2.64. The van der Waals surface area contributed by atoms with Crippen LogP contribution in [0.3, 0.4) is 0 Å². The van der Waals surface area contributed by atoms with Crippen LogP contribution < -0.4 is 5.32 Å². The molecule has 0 heterocycles. The van der Waals surface area contributed by atoms with E-state index in [0.29, 0.717) is 13.0 Å². The SMILES string of the molecule is CCCCCCCC=CCNCCC(=O)OC. The van der Waals surface area contributed by atoms with Crippen molar-refractivity contribution >= 4 is 5.97 Å². The molecule has 0 spiro atoms. The van der Waals surface area contributed by atoms with Gasteiger partial charge in [-0.25, -0.2) is 0 Å². The van der Waals surface area contributed by atoms with Crippen molar-refractivity contribution in [1.82, 2.24) is 5.32 Å². The highest BCUT2D eigenvalue weighted by Crippen LogP contribution is 2.04. The van der Waals surface area contributed by atoms with Gasteiger partial charge in [0.25, 0.3) is 0 Å². The molecule has 0 radical (unpaired) electrons. The number of unbranched alkanes of at least 4 members (excludes halogenated alkanes) is 5. The number of carbonyl (C=O) groups is 1. The lowest BCUT2D eigenvalue weighted by atomic mass is 10.1. The second-order valence-corrected chi connectivity index (χ2v) is 4.20. The largest absolute Gasteiger partial charge is 0.469 e. The fourth-order valence-electron chi connectivity index (χ4n) is 1.54. The van der Waals surface area contributed by atoms with E-state index in [-0.39, 0.29) is 5.97 Å². The molecule has 0 aliphatic carbocycles. The number of rotatable bonds is 11. The Bertz CT molecular complexity index is 202. The van der Waals surface area contributed by atoms with E-state index in [1.165, 1.54) is 45.6 Å². The minimum Gasteiger partial charge on any atom is -0.469 e. The van der Waals surface area contributed by atoms with Crippen LogP contribution in [0.4, 0.5) is 0 Å². The van der Waals surface area contributed by atoms with Crippen molar-refractivity contribution in [2.45, 2.75) is 51.9 Å². The molecule has 0 saturated carbocycles. The molecule has 0 bridgehead atoms. The summed E-state index contributed by atoms with van der Waals surface area (Å²) in [5.74, 6) is -0.155. The minimum atomic E-state index is -0.155. The second-order valence-electron chi connectivity index (χ2n) is 4.20. The highest BCUT2D eigenvalue weighted by atomic mass is 16.5. The Labute approximate surface area is 106 Å². The van der Waals surface area contributed by atoms with Crippen LogP contribution in [0.1, 0.15) is 51.9 Å². The summed E-state index contributed by atoms with van der Waals surface area (Å²) in [4.78, 5) is 10.8. The summed E-state index contributed by atoms with van der Waals surface area (Å²) < 4.78 is 4.55. The first kappa shape index (κ1) is 16.2. The minimum absolute atomic E-state index is 0.155. The Morgan fingerprint density at radius 3 is 2.65 bits per heavy atom. The van der Waals surface area contributed by atoms with E-state index in [9.17, 15) is 4.79 Å². The third kappa shape index (κ3) is 13.1. The molecule has 0 amide bonds. The number of hydrogen-bond acceptors (Lipinski definition) is 3. The number of ether oxygens (including phenoxy) is 1. The van der Waals surface area contributed by atoms with Gasteiger partial charge < -0.3 is 10.1 Å². The average Bonchev–Trinajstić information content (AvgIpc) is 2.35. The highest BCUT2D eigenvalue weighted by Gasteiger charge is 1.96. The Kier molecular flexibility index (Phi) is 12.6. The van der Waals surface area contributed by atoms with Crippen LogP contribution in [0.15, 0.2) is 12.2 Å². The lowest BCUT2D eigenvalue weighted by Crippen LogP contribution is -2.18. The summed E-state index contributed by atoms with van der Waals surface area (Å²) in [5.41, 5.74) is 0. The van der Waals surface area contributed by atoms with Gasteiger partial charge in [-0.3, -0.25) is 4.79 Å². The zero-order valence-corrected chi connectivity index (χ0v) is 11.3. The average molecular weight is 241 g/mol. The van der Waals surface area contributed by atoms with E-state index >= 15 is 0 Å². The molecule has 1 N–H and O–H groups in total. The molecule has 100 valence electrons. The van der Waals surface area contributed by atoms with Gasteiger partial charge >= 0.3 is 5.97 Å². The lowest BCUT2D eigenvalue weighted by Gasteiger charge is -2.00. The van der Waals surface area contributed by atoms with Gasteiger partial charge in [-0.2, -0.15) is 0 Å². The van der Waals surface area contributed by atoms with Crippen LogP contribution in [0.5, 0.6) is 0 Å². The molecule has 17 heavy (non-hydrogen) atoms. The number of carbonyl (C=O) groups excluding carboxylic acids is 1. The van der Waals surface area contributed by atoms with Gasteiger partial charge in [0.2, 0.25) is 0 Å². The molecule has 0 saturated heterocycles. The quantitative estimate of drug-likeness (QED) is 0.343. The van der Waals surface area contributed by atoms with Crippen molar-refractivity contribution in [1.29, 1.82) is 0 Å². The summed E-state index contributed by atoms with van der Waals surface area (Å²) in [6.07, 6.45) is 12.6. The summed E-state index contributed by atoms with van der Waals surface area (Å²) >= 11 is 0. The fraction of sp³-hybridized carbons (Fsp3) is 0.786. The molecule has 3 heteroatoms. The summed E-state index contributed by atoms with van der Waals surface area (Å²) in [6, 6.07) is 0. The van der Waals surface area contributed by atoms with Crippen molar-refractivity contribution in [2.75, 3.05) is 20.2 Å². The fourth-order valence-corrected chi connectivity index (χ4v) is 1.54. The monoisotopic (exact) mass is 241 g/mol. The molecule has 0 rings (SSSR count). The molecule has 0 fully saturated rings. The van der Waals surface area contributed by atoms with E-state index in [0.717, 1.165) is 6.54 Å². The summed E-state index contributed by atoms with van der Waals surface area (Å²) in [6.45, 7) is 3.76. The normalized spacial score (nSPS) is 10.9.